The van der Waals surface area contributed by atoms with Crippen molar-refractivity contribution in [1.29, 1.82) is 0 Å². The minimum absolute atomic E-state index is 0.277. The monoisotopic (exact) mass is 353 g/mol. The Morgan fingerprint density at radius 1 is 1.12 bits per heavy atom. The fourth-order valence-electron chi connectivity index (χ4n) is 2.94. The molecule has 6 heteroatoms. The maximum atomic E-state index is 5.79. The normalized spacial score (nSPS) is 17.7. The maximum absolute atomic E-state index is 5.79. The Labute approximate surface area is 151 Å². The highest BCUT2D eigenvalue weighted by molar-refractivity contribution is 8.13. The third-order valence-corrected chi connectivity index (χ3v) is 5.09. The van der Waals surface area contributed by atoms with Crippen LogP contribution in [0.2, 0.25) is 0 Å². The number of nitrogens with zero attached hydrogens (tertiary/aromatic N) is 3. The molecule has 2 heterocycles. The summed E-state index contributed by atoms with van der Waals surface area (Å²) in [5.41, 5.74) is 2.30. The SMILES string of the molecule is COc1ccc(OCCSC2=Nc3ccccc3C3CC=NN23)cc1. The van der Waals surface area contributed by atoms with Gasteiger partial charge in [0.05, 0.1) is 25.4 Å². The summed E-state index contributed by atoms with van der Waals surface area (Å²) in [6.07, 6.45) is 2.90. The lowest BCUT2D eigenvalue weighted by molar-refractivity contribution is 0.342. The van der Waals surface area contributed by atoms with Crippen LogP contribution in [0.15, 0.2) is 58.6 Å². The van der Waals surface area contributed by atoms with Crippen LogP contribution in [0.1, 0.15) is 18.0 Å². The number of hydrogen-bond acceptors (Lipinski definition) is 6. The number of aliphatic imine (C=N–C) groups is 1. The van der Waals surface area contributed by atoms with Crippen LogP contribution in [-0.4, -0.2) is 35.9 Å². The van der Waals surface area contributed by atoms with Crippen LogP contribution in [-0.2, 0) is 0 Å². The van der Waals surface area contributed by atoms with E-state index in [0.717, 1.165) is 34.5 Å². The van der Waals surface area contributed by atoms with Gasteiger partial charge in [0.15, 0.2) is 5.17 Å². The zero-order valence-corrected chi connectivity index (χ0v) is 14.8. The number of fused-ring (bicyclic) bond motifs is 3. The van der Waals surface area contributed by atoms with Gasteiger partial charge in [-0.05, 0) is 30.3 Å². The van der Waals surface area contributed by atoms with Crippen molar-refractivity contribution in [3.05, 3.63) is 54.1 Å². The molecule has 0 bridgehead atoms. The number of methoxy groups -OCH3 is 1. The minimum atomic E-state index is 0.277. The molecule has 0 aliphatic carbocycles. The van der Waals surface area contributed by atoms with Gasteiger partial charge in [0.25, 0.3) is 0 Å². The van der Waals surface area contributed by atoms with Gasteiger partial charge in [0.2, 0.25) is 0 Å². The summed E-state index contributed by atoms with van der Waals surface area (Å²) in [6.45, 7) is 0.611. The van der Waals surface area contributed by atoms with Crippen LogP contribution in [0.3, 0.4) is 0 Å². The molecule has 0 saturated carbocycles. The fourth-order valence-corrected chi connectivity index (χ4v) is 3.76. The number of hydrazone groups is 1. The average molecular weight is 353 g/mol. The smallest absolute Gasteiger partial charge is 0.185 e. The second kappa shape index (κ2) is 7.19. The van der Waals surface area contributed by atoms with Gasteiger partial charge in [-0.1, -0.05) is 30.0 Å². The van der Waals surface area contributed by atoms with Crippen LogP contribution in [0.5, 0.6) is 11.5 Å². The van der Waals surface area contributed by atoms with E-state index in [-0.39, 0.29) is 6.04 Å². The predicted molar refractivity (Wildman–Crippen MR) is 102 cm³/mol. The van der Waals surface area contributed by atoms with Crippen LogP contribution >= 0.6 is 11.8 Å². The number of benzene rings is 2. The van der Waals surface area contributed by atoms with Gasteiger partial charge >= 0.3 is 0 Å². The average Bonchev–Trinajstić information content (AvgIpc) is 3.16. The summed E-state index contributed by atoms with van der Waals surface area (Å²) in [4.78, 5) is 4.77. The van der Waals surface area contributed by atoms with Crippen LogP contribution in [0.25, 0.3) is 0 Å². The van der Waals surface area contributed by atoms with E-state index in [1.807, 2.05) is 41.6 Å². The number of hydrogen-bond donors (Lipinski definition) is 0. The lowest BCUT2D eigenvalue weighted by Crippen LogP contribution is -2.28. The Bertz CT molecular complexity index is 805. The number of thioether (sulfide) groups is 1. The van der Waals surface area contributed by atoms with Crippen molar-refractivity contribution in [2.45, 2.75) is 12.5 Å². The van der Waals surface area contributed by atoms with Gasteiger partial charge < -0.3 is 9.47 Å². The molecule has 5 nitrogen and oxygen atoms in total. The van der Waals surface area contributed by atoms with E-state index >= 15 is 0 Å². The van der Waals surface area contributed by atoms with Crippen LogP contribution < -0.4 is 9.47 Å². The Balaban J connectivity index is 1.37. The molecule has 2 aliphatic rings. The van der Waals surface area contributed by atoms with E-state index in [9.17, 15) is 0 Å². The lowest BCUT2D eigenvalue weighted by Gasteiger charge is -2.29. The van der Waals surface area contributed by atoms with Crippen molar-refractivity contribution >= 4 is 28.8 Å². The van der Waals surface area contributed by atoms with E-state index < -0.39 is 0 Å². The molecular formula is C19H19N3O2S. The van der Waals surface area contributed by atoms with Crippen molar-refractivity contribution in [2.24, 2.45) is 10.1 Å². The zero-order valence-electron chi connectivity index (χ0n) is 14.0. The molecule has 2 aromatic carbocycles. The maximum Gasteiger partial charge on any atom is 0.185 e. The molecule has 128 valence electrons. The molecule has 4 rings (SSSR count). The molecule has 0 saturated heterocycles. The highest BCUT2D eigenvalue weighted by Crippen LogP contribution is 2.40. The van der Waals surface area contributed by atoms with E-state index in [0.29, 0.717) is 6.61 Å². The standard InChI is InChI=1S/C19H19N3O2S/c1-23-14-6-8-15(9-7-14)24-12-13-25-19-21-17-5-3-2-4-16(17)18-10-11-20-22(18)19/h2-9,11,18H,10,12-13H2,1H3. The molecule has 0 N–H and O–H groups in total. The van der Waals surface area contributed by atoms with Gasteiger partial charge in [-0.3, -0.25) is 0 Å². The van der Waals surface area contributed by atoms with Crippen LogP contribution in [0.4, 0.5) is 5.69 Å². The second-order valence-corrected chi connectivity index (χ2v) is 6.78. The lowest BCUT2D eigenvalue weighted by atomic mass is 10.0. The molecule has 0 spiro atoms. The number of para-hydroxylation sites is 1. The first kappa shape index (κ1) is 16.0. The van der Waals surface area contributed by atoms with Crippen molar-refractivity contribution in [3.8, 4) is 11.5 Å². The minimum Gasteiger partial charge on any atom is -0.497 e. The van der Waals surface area contributed by atoms with E-state index in [1.165, 1.54) is 5.56 Å². The highest BCUT2D eigenvalue weighted by atomic mass is 32.2. The zero-order chi connectivity index (χ0) is 17.1. The fraction of sp³-hybridized carbons (Fsp3) is 0.263. The summed E-state index contributed by atoms with van der Waals surface area (Å²) >= 11 is 1.68. The Morgan fingerprint density at radius 3 is 2.76 bits per heavy atom. The molecule has 0 amide bonds. The third kappa shape index (κ3) is 3.35. The van der Waals surface area contributed by atoms with E-state index in [4.69, 9.17) is 14.5 Å². The first-order chi connectivity index (χ1) is 12.3. The molecule has 1 unspecified atom stereocenters. The van der Waals surface area contributed by atoms with Crippen molar-refractivity contribution in [3.63, 3.8) is 0 Å². The summed E-state index contributed by atoms with van der Waals surface area (Å²) in [5.74, 6) is 2.48. The highest BCUT2D eigenvalue weighted by Gasteiger charge is 2.32. The Morgan fingerprint density at radius 2 is 1.92 bits per heavy atom. The molecule has 2 aliphatic heterocycles. The number of rotatable bonds is 5. The Hall–Kier alpha value is -2.47. The topological polar surface area (TPSA) is 46.4 Å². The molecule has 0 fully saturated rings. The number of ether oxygens (including phenoxy) is 2. The first-order valence-corrected chi connectivity index (χ1v) is 9.22. The Kier molecular flexibility index (Phi) is 4.61. The van der Waals surface area contributed by atoms with Gasteiger partial charge in [-0.25, -0.2) is 10.0 Å². The quantitative estimate of drug-likeness (QED) is 0.754. The van der Waals surface area contributed by atoms with E-state index in [2.05, 4.69) is 23.3 Å². The summed E-state index contributed by atoms with van der Waals surface area (Å²) in [7, 11) is 1.66. The van der Waals surface area contributed by atoms with Gasteiger partial charge in [-0.2, -0.15) is 5.10 Å². The number of amidine groups is 1. The molecule has 0 aromatic heterocycles. The molecule has 25 heavy (non-hydrogen) atoms. The second-order valence-electron chi connectivity index (χ2n) is 5.72. The molecule has 0 radical (unpaired) electrons. The summed E-state index contributed by atoms with van der Waals surface area (Å²) in [6, 6.07) is 16.2. The third-order valence-electron chi connectivity index (χ3n) is 4.18. The largest absolute Gasteiger partial charge is 0.497 e. The van der Waals surface area contributed by atoms with Crippen molar-refractivity contribution in [1.82, 2.24) is 5.01 Å². The molecule has 2 aromatic rings. The first-order valence-electron chi connectivity index (χ1n) is 8.24. The predicted octanol–water partition coefficient (Wildman–Crippen LogP) is 4.24. The van der Waals surface area contributed by atoms with Gasteiger partial charge in [0.1, 0.15) is 11.5 Å². The van der Waals surface area contributed by atoms with Gasteiger partial charge in [0, 0.05) is 24.0 Å². The summed E-state index contributed by atoms with van der Waals surface area (Å²) < 4.78 is 10.9. The molecule has 1 atom stereocenters. The summed E-state index contributed by atoms with van der Waals surface area (Å²) in [5, 5.41) is 7.46. The van der Waals surface area contributed by atoms with Crippen molar-refractivity contribution < 1.29 is 9.47 Å². The molecular weight excluding hydrogens is 334 g/mol. The van der Waals surface area contributed by atoms with Crippen molar-refractivity contribution in [2.75, 3.05) is 19.5 Å². The van der Waals surface area contributed by atoms with Crippen LogP contribution in [0, 0.1) is 0 Å². The van der Waals surface area contributed by atoms with Gasteiger partial charge in [-0.15, -0.1) is 0 Å². The van der Waals surface area contributed by atoms with E-state index in [1.54, 1.807) is 18.9 Å².